The molecule has 0 radical (unpaired) electrons. The van der Waals surface area contributed by atoms with Crippen molar-refractivity contribution in [2.45, 2.75) is 39.8 Å². The lowest BCUT2D eigenvalue weighted by Crippen LogP contribution is -2.37. The van der Waals surface area contributed by atoms with Gasteiger partial charge in [-0.05, 0) is 31.0 Å². The molecule has 2 atom stereocenters. The van der Waals surface area contributed by atoms with E-state index in [1.807, 2.05) is 38.1 Å². The largest absolute Gasteiger partial charge is 0.351 e. The molecule has 0 spiro atoms. The molecule has 0 aliphatic rings. The monoisotopic (exact) mass is 277 g/mol. The van der Waals surface area contributed by atoms with Crippen molar-refractivity contribution in [2.24, 2.45) is 11.7 Å². The summed E-state index contributed by atoms with van der Waals surface area (Å²) in [5, 5.41) is 5.60. The molecule has 20 heavy (non-hydrogen) atoms. The molecular formula is C15H23N3O2. The molecule has 1 rings (SSSR count). The third-order valence-electron chi connectivity index (χ3n) is 3.13. The number of anilines is 1. The van der Waals surface area contributed by atoms with Crippen molar-refractivity contribution in [1.29, 1.82) is 0 Å². The first-order valence-corrected chi connectivity index (χ1v) is 6.87. The molecule has 0 aliphatic carbocycles. The molecule has 1 unspecified atom stereocenters. The van der Waals surface area contributed by atoms with Gasteiger partial charge in [0.1, 0.15) is 0 Å². The van der Waals surface area contributed by atoms with E-state index in [0.717, 1.165) is 17.7 Å². The summed E-state index contributed by atoms with van der Waals surface area (Å²) in [6.45, 7) is 5.90. The number of nitrogens with two attached hydrogens (primary N) is 1. The highest BCUT2D eigenvalue weighted by Crippen LogP contribution is 2.13. The van der Waals surface area contributed by atoms with Crippen LogP contribution in [-0.2, 0) is 16.1 Å². The van der Waals surface area contributed by atoms with E-state index in [2.05, 4.69) is 10.6 Å². The van der Waals surface area contributed by atoms with E-state index in [0.29, 0.717) is 6.54 Å². The average Bonchev–Trinajstić information content (AvgIpc) is 2.43. The maximum atomic E-state index is 11.8. The maximum absolute atomic E-state index is 11.8. The van der Waals surface area contributed by atoms with Crippen LogP contribution in [0.4, 0.5) is 5.69 Å². The second kappa shape index (κ2) is 7.65. The van der Waals surface area contributed by atoms with E-state index in [1.54, 1.807) is 6.92 Å². The van der Waals surface area contributed by atoms with Crippen LogP contribution in [0.2, 0.25) is 0 Å². The van der Waals surface area contributed by atoms with Crippen LogP contribution in [0, 0.1) is 5.92 Å². The molecular weight excluding hydrogens is 254 g/mol. The Balaban J connectivity index is 2.62. The van der Waals surface area contributed by atoms with E-state index >= 15 is 0 Å². The first kappa shape index (κ1) is 16.2. The Kier molecular flexibility index (Phi) is 6.18. The Labute approximate surface area is 119 Å². The van der Waals surface area contributed by atoms with Crippen LogP contribution in [0.15, 0.2) is 24.3 Å². The van der Waals surface area contributed by atoms with Gasteiger partial charge in [-0.3, -0.25) is 9.59 Å². The van der Waals surface area contributed by atoms with Crippen LogP contribution in [0.1, 0.15) is 32.8 Å². The first-order chi connectivity index (χ1) is 9.43. The third kappa shape index (κ3) is 5.01. The Morgan fingerprint density at radius 3 is 2.55 bits per heavy atom. The van der Waals surface area contributed by atoms with Gasteiger partial charge in [0.05, 0.1) is 6.04 Å². The number of carbonyl (C=O) groups is 2. The molecule has 0 saturated heterocycles. The van der Waals surface area contributed by atoms with Crippen molar-refractivity contribution in [1.82, 2.24) is 5.32 Å². The van der Waals surface area contributed by atoms with Crippen molar-refractivity contribution in [3.8, 4) is 0 Å². The van der Waals surface area contributed by atoms with Crippen LogP contribution in [0.3, 0.4) is 0 Å². The smallest absolute Gasteiger partial charge is 0.236 e. The van der Waals surface area contributed by atoms with Crippen molar-refractivity contribution >= 4 is 17.5 Å². The summed E-state index contributed by atoms with van der Waals surface area (Å²) in [6.07, 6.45) is 0.802. The molecule has 2 amide bonds. The number of carbonyl (C=O) groups excluding carboxylic acids is 2. The third-order valence-corrected chi connectivity index (χ3v) is 3.13. The number of rotatable bonds is 6. The minimum atomic E-state index is -0.525. The number of hydrogen-bond acceptors (Lipinski definition) is 3. The Morgan fingerprint density at radius 1 is 1.25 bits per heavy atom. The fourth-order valence-corrected chi connectivity index (χ4v) is 1.56. The van der Waals surface area contributed by atoms with Crippen molar-refractivity contribution in [3.63, 3.8) is 0 Å². The van der Waals surface area contributed by atoms with Gasteiger partial charge in [-0.15, -0.1) is 0 Å². The van der Waals surface area contributed by atoms with Gasteiger partial charge in [-0.1, -0.05) is 26.0 Å². The first-order valence-electron chi connectivity index (χ1n) is 6.87. The molecule has 4 N–H and O–H groups in total. The van der Waals surface area contributed by atoms with E-state index in [-0.39, 0.29) is 17.7 Å². The minimum Gasteiger partial charge on any atom is -0.351 e. The number of amides is 2. The van der Waals surface area contributed by atoms with Gasteiger partial charge < -0.3 is 16.4 Å². The van der Waals surface area contributed by atoms with Crippen LogP contribution >= 0.6 is 0 Å². The molecule has 0 bridgehead atoms. The number of nitrogens with one attached hydrogen (secondary N) is 2. The lowest BCUT2D eigenvalue weighted by atomic mass is 10.1. The Morgan fingerprint density at radius 2 is 1.95 bits per heavy atom. The normalized spacial score (nSPS) is 13.4. The zero-order valence-electron chi connectivity index (χ0n) is 12.3. The molecule has 0 fully saturated rings. The summed E-state index contributed by atoms with van der Waals surface area (Å²) in [5.41, 5.74) is 7.13. The molecule has 110 valence electrons. The van der Waals surface area contributed by atoms with Gasteiger partial charge in [0.25, 0.3) is 0 Å². The summed E-state index contributed by atoms with van der Waals surface area (Å²) in [7, 11) is 0. The highest BCUT2D eigenvalue weighted by Gasteiger charge is 2.11. The topological polar surface area (TPSA) is 84.2 Å². The predicted octanol–water partition coefficient (Wildman–Crippen LogP) is 1.63. The summed E-state index contributed by atoms with van der Waals surface area (Å²) >= 11 is 0. The summed E-state index contributed by atoms with van der Waals surface area (Å²) < 4.78 is 0. The molecule has 0 aromatic heterocycles. The molecule has 1 aromatic rings. The van der Waals surface area contributed by atoms with E-state index in [1.165, 1.54) is 0 Å². The van der Waals surface area contributed by atoms with Crippen LogP contribution in [0.25, 0.3) is 0 Å². The zero-order valence-corrected chi connectivity index (χ0v) is 12.3. The summed E-state index contributed by atoms with van der Waals surface area (Å²) in [5.74, 6) is -0.209. The molecule has 1 aromatic carbocycles. The van der Waals surface area contributed by atoms with E-state index in [4.69, 9.17) is 5.73 Å². The van der Waals surface area contributed by atoms with Gasteiger partial charge in [-0.2, -0.15) is 0 Å². The van der Waals surface area contributed by atoms with E-state index < -0.39 is 6.04 Å². The van der Waals surface area contributed by atoms with Gasteiger partial charge in [0.15, 0.2) is 0 Å². The molecule has 5 heteroatoms. The highest BCUT2D eigenvalue weighted by atomic mass is 16.2. The standard InChI is InChI=1S/C15H23N3O2/c1-4-10(2)14(19)18-13-7-5-6-12(8-13)9-17-15(20)11(3)16/h5-8,10-11H,4,9,16H2,1-3H3,(H,17,20)(H,18,19)/t10?,11-/m0/s1. The second-order valence-corrected chi connectivity index (χ2v) is 5.01. The average molecular weight is 277 g/mol. The Bertz CT molecular complexity index is 472. The van der Waals surface area contributed by atoms with Crippen LogP contribution in [-0.4, -0.2) is 17.9 Å². The van der Waals surface area contributed by atoms with Crippen LogP contribution < -0.4 is 16.4 Å². The summed E-state index contributed by atoms with van der Waals surface area (Å²) in [4.78, 5) is 23.2. The second-order valence-electron chi connectivity index (χ2n) is 5.01. The minimum absolute atomic E-state index is 0.00395. The van der Waals surface area contributed by atoms with Gasteiger partial charge in [0, 0.05) is 18.2 Å². The maximum Gasteiger partial charge on any atom is 0.236 e. The summed E-state index contributed by atoms with van der Waals surface area (Å²) in [6, 6.07) is 6.89. The van der Waals surface area contributed by atoms with Gasteiger partial charge in [-0.25, -0.2) is 0 Å². The lowest BCUT2D eigenvalue weighted by Gasteiger charge is -2.12. The van der Waals surface area contributed by atoms with Crippen molar-refractivity contribution in [3.05, 3.63) is 29.8 Å². The molecule has 5 nitrogen and oxygen atoms in total. The quantitative estimate of drug-likeness (QED) is 0.739. The SMILES string of the molecule is CCC(C)C(=O)Nc1cccc(CNC(=O)[C@H](C)N)c1. The molecule has 0 saturated carbocycles. The highest BCUT2D eigenvalue weighted by molar-refractivity contribution is 5.92. The number of hydrogen-bond donors (Lipinski definition) is 3. The molecule has 0 aliphatic heterocycles. The molecule has 0 heterocycles. The lowest BCUT2D eigenvalue weighted by molar-refractivity contribution is -0.122. The van der Waals surface area contributed by atoms with Gasteiger partial charge in [0.2, 0.25) is 11.8 Å². The zero-order chi connectivity index (χ0) is 15.1. The van der Waals surface area contributed by atoms with Gasteiger partial charge >= 0.3 is 0 Å². The van der Waals surface area contributed by atoms with Crippen molar-refractivity contribution in [2.75, 3.05) is 5.32 Å². The van der Waals surface area contributed by atoms with Crippen molar-refractivity contribution < 1.29 is 9.59 Å². The number of benzene rings is 1. The van der Waals surface area contributed by atoms with E-state index in [9.17, 15) is 9.59 Å². The Hall–Kier alpha value is -1.88. The fourth-order valence-electron chi connectivity index (χ4n) is 1.56. The van der Waals surface area contributed by atoms with Crippen LogP contribution in [0.5, 0.6) is 0 Å². The fraction of sp³-hybridized carbons (Fsp3) is 0.467. The predicted molar refractivity (Wildman–Crippen MR) is 80.0 cm³/mol.